The minimum atomic E-state index is -4.31. The van der Waals surface area contributed by atoms with Crippen molar-refractivity contribution in [3.63, 3.8) is 0 Å². The molecule has 0 radical (unpaired) electrons. The molecule has 0 fully saturated rings. The fourth-order valence-corrected chi connectivity index (χ4v) is 3.68. The summed E-state index contributed by atoms with van der Waals surface area (Å²) >= 11 is 0. The Balaban J connectivity index is 2.03. The first kappa shape index (κ1) is 13.9. The maximum Gasteiger partial charge on any atom is 0.249 e. The zero-order valence-electron chi connectivity index (χ0n) is 10.7. The van der Waals surface area contributed by atoms with Crippen LogP contribution in [-0.2, 0) is 23.1 Å². The van der Waals surface area contributed by atoms with E-state index in [0.717, 1.165) is 16.4 Å². The number of nitrogens with zero attached hydrogens (tertiary/aromatic N) is 4. The number of halogens is 2. The summed E-state index contributed by atoms with van der Waals surface area (Å²) in [6, 6.07) is 1.56. The van der Waals surface area contributed by atoms with Gasteiger partial charge in [-0.1, -0.05) is 0 Å². The number of hydrogen-bond acceptors (Lipinski definition) is 5. The minimum Gasteiger partial charge on any atom is -0.399 e. The quantitative estimate of drug-likeness (QED) is 0.807. The third-order valence-electron chi connectivity index (χ3n) is 3.22. The average molecular weight is 315 g/mol. The number of nitrogens with two attached hydrogens (primary N) is 1. The van der Waals surface area contributed by atoms with E-state index in [1.54, 1.807) is 4.57 Å². The molecule has 7 nitrogen and oxygen atoms in total. The van der Waals surface area contributed by atoms with Gasteiger partial charge in [-0.05, 0) is 12.1 Å². The standard InChI is InChI=1S/C11H11F2N5O2S/c12-8-3-7(14)4-9(13)11(8)21(19,20)18-2-1-17-6-15-16-10(17)5-18/h3-4,6H,1-2,5,14H2. The Labute approximate surface area is 119 Å². The molecule has 1 aliphatic rings. The van der Waals surface area contributed by atoms with Gasteiger partial charge < -0.3 is 10.3 Å². The van der Waals surface area contributed by atoms with E-state index in [1.807, 2.05) is 0 Å². The van der Waals surface area contributed by atoms with Crippen LogP contribution in [0.25, 0.3) is 0 Å². The molecule has 3 rings (SSSR count). The van der Waals surface area contributed by atoms with E-state index >= 15 is 0 Å². The van der Waals surface area contributed by atoms with Crippen molar-refractivity contribution in [3.05, 3.63) is 35.9 Å². The molecule has 2 heterocycles. The highest BCUT2D eigenvalue weighted by Crippen LogP contribution is 2.27. The zero-order valence-corrected chi connectivity index (χ0v) is 11.5. The van der Waals surface area contributed by atoms with Crippen molar-refractivity contribution in [3.8, 4) is 0 Å². The number of fused-ring (bicyclic) bond motifs is 1. The first-order valence-corrected chi connectivity index (χ1v) is 7.45. The summed E-state index contributed by atoms with van der Waals surface area (Å²) in [7, 11) is -4.31. The van der Waals surface area contributed by atoms with Crippen molar-refractivity contribution in [2.45, 2.75) is 18.0 Å². The highest BCUT2D eigenvalue weighted by molar-refractivity contribution is 7.89. The lowest BCUT2D eigenvalue weighted by molar-refractivity contribution is 0.332. The van der Waals surface area contributed by atoms with Gasteiger partial charge in [0.15, 0.2) is 4.90 Å². The third kappa shape index (κ3) is 2.25. The number of sulfonamides is 1. The maximum absolute atomic E-state index is 13.8. The summed E-state index contributed by atoms with van der Waals surface area (Å²) in [5.74, 6) is -2.00. The third-order valence-corrected chi connectivity index (χ3v) is 5.12. The van der Waals surface area contributed by atoms with Gasteiger partial charge in [-0.25, -0.2) is 17.2 Å². The predicted octanol–water partition coefficient (Wildman–Crippen LogP) is 0.343. The number of hydrogen-bond donors (Lipinski definition) is 1. The molecule has 21 heavy (non-hydrogen) atoms. The number of benzene rings is 1. The lowest BCUT2D eigenvalue weighted by atomic mass is 10.3. The number of nitrogen functional groups attached to an aromatic ring is 1. The molecule has 0 saturated carbocycles. The van der Waals surface area contributed by atoms with Gasteiger partial charge in [0.2, 0.25) is 10.0 Å². The van der Waals surface area contributed by atoms with E-state index in [-0.39, 0.29) is 18.8 Å². The molecule has 0 aliphatic carbocycles. The maximum atomic E-state index is 13.8. The lowest BCUT2D eigenvalue weighted by Gasteiger charge is -2.26. The molecule has 1 aromatic heterocycles. The van der Waals surface area contributed by atoms with E-state index in [0.29, 0.717) is 12.4 Å². The second kappa shape index (κ2) is 4.74. The van der Waals surface area contributed by atoms with Gasteiger partial charge in [0.05, 0.1) is 6.54 Å². The summed E-state index contributed by atoms with van der Waals surface area (Å²) in [4.78, 5) is -0.996. The van der Waals surface area contributed by atoms with Crippen LogP contribution < -0.4 is 5.73 Å². The number of rotatable bonds is 2. The van der Waals surface area contributed by atoms with Crippen molar-refractivity contribution < 1.29 is 17.2 Å². The molecule has 0 unspecified atom stereocenters. The largest absolute Gasteiger partial charge is 0.399 e. The van der Waals surface area contributed by atoms with Crippen molar-refractivity contribution in [2.75, 3.05) is 12.3 Å². The molecule has 112 valence electrons. The Morgan fingerprint density at radius 1 is 1.19 bits per heavy atom. The van der Waals surface area contributed by atoms with Crippen molar-refractivity contribution in [1.29, 1.82) is 0 Å². The van der Waals surface area contributed by atoms with Gasteiger partial charge in [0.1, 0.15) is 23.8 Å². The molecule has 0 spiro atoms. The van der Waals surface area contributed by atoms with Crippen LogP contribution in [0.1, 0.15) is 5.82 Å². The molecule has 1 aliphatic heterocycles. The van der Waals surface area contributed by atoms with E-state index in [9.17, 15) is 17.2 Å². The molecule has 2 N–H and O–H groups in total. The van der Waals surface area contributed by atoms with Crippen LogP contribution in [0.5, 0.6) is 0 Å². The molecule has 0 atom stereocenters. The Hall–Kier alpha value is -2.07. The molecule has 1 aromatic carbocycles. The Kier molecular flexibility index (Phi) is 3.14. The molecular formula is C11H11F2N5O2S. The Morgan fingerprint density at radius 2 is 1.86 bits per heavy atom. The van der Waals surface area contributed by atoms with Gasteiger partial charge in [-0.2, -0.15) is 4.31 Å². The Bertz CT molecular complexity index is 782. The van der Waals surface area contributed by atoms with Crippen LogP contribution in [0.2, 0.25) is 0 Å². The normalized spacial score (nSPS) is 15.9. The molecule has 0 amide bonds. The van der Waals surface area contributed by atoms with Crippen molar-refractivity contribution in [2.24, 2.45) is 0 Å². The predicted molar refractivity (Wildman–Crippen MR) is 68.4 cm³/mol. The van der Waals surface area contributed by atoms with E-state index in [2.05, 4.69) is 10.2 Å². The van der Waals surface area contributed by atoms with Crippen LogP contribution in [0.15, 0.2) is 23.4 Å². The summed E-state index contributed by atoms with van der Waals surface area (Å²) in [5.41, 5.74) is 5.11. The first-order chi connectivity index (χ1) is 9.89. The minimum absolute atomic E-state index is 0.0800. The van der Waals surface area contributed by atoms with Gasteiger partial charge in [-0.3, -0.25) is 0 Å². The number of aromatic nitrogens is 3. The second-order valence-corrected chi connectivity index (χ2v) is 6.47. The zero-order chi connectivity index (χ0) is 15.2. The SMILES string of the molecule is Nc1cc(F)c(S(=O)(=O)N2CCn3cnnc3C2)c(F)c1. The fourth-order valence-electron chi connectivity index (χ4n) is 2.20. The smallest absolute Gasteiger partial charge is 0.249 e. The van der Waals surface area contributed by atoms with E-state index in [1.165, 1.54) is 6.33 Å². The van der Waals surface area contributed by atoms with Crippen molar-refractivity contribution in [1.82, 2.24) is 19.1 Å². The highest BCUT2D eigenvalue weighted by atomic mass is 32.2. The molecule has 0 saturated heterocycles. The average Bonchev–Trinajstić information content (AvgIpc) is 2.83. The number of anilines is 1. The molecule has 2 aromatic rings. The van der Waals surface area contributed by atoms with Gasteiger partial charge in [-0.15, -0.1) is 10.2 Å². The van der Waals surface area contributed by atoms with Crippen LogP contribution in [0, 0.1) is 11.6 Å². The van der Waals surface area contributed by atoms with Crippen molar-refractivity contribution >= 4 is 15.7 Å². The summed E-state index contributed by atoms with van der Waals surface area (Å²) in [5, 5.41) is 7.44. The molecule has 0 bridgehead atoms. The van der Waals surface area contributed by atoms with Crippen LogP contribution >= 0.6 is 0 Å². The van der Waals surface area contributed by atoms with Gasteiger partial charge >= 0.3 is 0 Å². The molecule has 10 heteroatoms. The van der Waals surface area contributed by atoms with Gasteiger partial charge in [0.25, 0.3) is 0 Å². The first-order valence-electron chi connectivity index (χ1n) is 6.01. The van der Waals surface area contributed by atoms with Crippen LogP contribution in [0.4, 0.5) is 14.5 Å². The van der Waals surface area contributed by atoms with E-state index in [4.69, 9.17) is 5.73 Å². The van der Waals surface area contributed by atoms with Crippen LogP contribution in [0.3, 0.4) is 0 Å². The van der Waals surface area contributed by atoms with E-state index < -0.39 is 26.6 Å². The fraction of sp³-hybridized carbons (Fsp3) is 0.273. The van der Waals surface area contributed by atoms with Crippen LogP contribution in [-0.4, -0.2) is 34.0 Å². The summed E-state index contributed by atoms with van der Waals surface area (Å²) in [6.07, 6.45) is 1.48. The van der Waals surface area contributed by atoms with Gasteiger partial charge in [0, 0.05) is 18.8 Å². The lowest BCUT2D eigenvalue weighted by Crippen LogP contribution is -2.39. The topological polar surface area (TPSA) is 94.1 Å². The molecular weight excluding hydrogens is 304 g/mol. The summed E-state index contributed by atoms with van der Waals surface area (Å²) in [6.45, 7) is 0.308. The monoisotopic (exact) mass is 315 g/mol. The second-order valence-electron chi connectivity index (χ2n) is 4.59. The summed E-state index contributed by atoms with van der Waals surface area (Å²) < 4.78 is 55.2. The highest BCUT2D eigenvalue weighted by Gasteiger charge is 2.34. The Morgan fingerprint density at radius 3 is 2.52 bits per heavy atom.